The Bertz CT molecular complexity index is 337. The van der Waals surface area contributed by atoms with Crippen LogP contribution in [0.25, 0.3) is 0 Å². The quantitative estimate of drug-likeness (QED) is 0.727. The molecule has 0 saturated carbocycles. The molecular weight excluding hydrogens is 374 g/mol. The van der Waals surface area contributed by atoms with Crippen molar-refractivity contribution < 1.29 is 0 Å². The SMILES string of the molecule is C=C(C)CNc1c(Br)cc(Br)cc1Br. The third kappa shape index (κ3) is 3.41. The first-order valence-electron chi connectivity index (χ1n) is 4.03. The van der Waals surface area contributed by atoms with Crippen LogP contribution in [-0.2, 0) is 0 Å². The first-order valence-corrected chi connectivity index (χ1v) is 6.41. The molecule has 0 saturated heterocycles. The minimum absolute atomic E-state index is 0.777. The molecule has 0 amide bonds. The molecule has 0 unspecified atom stereocenters. The molecule has 1 aromatic carbocycles. The Kier molecular flexibility index (Phi) is 4.67. The van der Waals surface area contributed by atoms with Gasteiger partial charge >= 0.3 is 0 Å². The van der Waals surface area contributed by atoms with Crippen molar-refractivity contribution in [2.75, 3.05) is 11.9 Å². The third-order valence-electron chi connectivity index (χ3n) is 1.57. The van der Waals surface area contributed by atoms with Gasteiger partial charge in [0.05, 0.1) is 5.69 Å². The summed E-state index contributed by atoms with van der Waals surface area (Å²) in [6, 6.07) is 4.01. The average Bonchev–Trinajstić information content (AvgIpc) is 2.01. The molecule has 0 bridgehead atoms. The fourth-order valence-corrected chi connectivity index (χ4v) is 3.49. The molecule has 1 nitrogen and oxygen atoms in total. The Balaban J connectivity index is 2.91. The second-order valence-corrected chi connectivity index (χ2v) is 5.68. The molecule has 0 aliphatic heterocycles. The molecule has 0 aliphatic carbocycles. The van der Waals surface area contributed by atoms with E-state index in [1.54, 1.807) is 0 Å². The topological polar surface area (TPSA) is 12.0 Å². The van der Waals surface area contributed by atoms with Gasteiger partial charge in [-0.05, 0) is 50.9 Å². The van der Waals surface area contributed by atoms with E-state index in [4.69, 9.17) is 0 Å². The molecule has 1 aromatic rings. The monoisotopic (exact) mass is 381 g/mol. The van der Waals surface area contributed by atoms with Crippen LogP contribution in [0.15, 0.2) is 37.7 Å². The van der Waals surface area contributed by atoms with Gasteiger partial charge in [0.25, 0.3) is 0 Å². The summed E-state index contributed by atoms with van der Waals surface area (Å²) in [6.45, 7) is 6.62. The van der Waals surface area contributed by atoms with E-state index in [-0.39, 0.29) is 0 Å². The molecule has 0 atom stereocenters. The molecule has 1 N–H and O–H groups in total. The molecule has 0 aromatic heterocycles. The highest BCUT2D eigenvalue weighted by atomic mass is 79.9. The predicted octanol–water partition coefficient (Wildman–Crippen LogP) is 4.96. The maximum Gasteiger partial charge on any atom is 0.0632 e. The fraction of sp³-hybridized carbons (Fsp3) is 0.200. The van der Waals surface area contributed by atoms with Gasteiger partial charge in [0.1, 0.15) is 0 Å². The van der Waals surface area contributed by atoms with Crippen LogP contribution < -0.4 is 5.32 Å². The van der Waals surface area contributed by atoms with Crippen LogP contribution in [0.3, 0.4) is 0 Å². The van der Waals surface area contributed by atoms with E-state index in [1.165, 1.54) is 0 Å². The van der Waals surface area contributed by atoms with E-state index < -0.39 is 0 Å². The van der Waals surface area contributed by atoms with Gasteiger partial charge < -0.3 is 5.32 Å². The van der Waals surface area contributed by atoms with Crippen LogP contribution in [-0.4, -0.2) is 6.54 Å². The van der Waals surface area contributed by atoms with E-state index in [0.29, 0.717) is 0 Å². The standard InChI is InChI=1S/C10H10Br3N/c1-6(2)5-14-10-8(12)3-7(11)4-9(10)13/h3-4,14H,1,5H2,2H3. The predicted molar refractivity (Wildman–Crippen MR) is 72.8 cm³/mol. The molecule has 0 heterocycles. The lowest BCUT2D eigenvalue weighted by molar-refractivity contribution is 1.21. The molecular formula is C10H10Br3N. The van der Waals surface area contributed by atoms with Crippen molar-refractivity contribution >= 4 is 53.5 Å². The van der Waals surface area contributed by atoms with Crippen LogP contribution in [0.4, 0.5) is 5.69 Å². The van der Waals surface area contributed by atoms with E-state index in [2.05, 4.69) is 59.7 Å². The fourth-order valence-electron chi connectivity index (χ4n) is 0.950. The molecule has 0 fully saturated rings. The zero-order valence-electron chi connectivity index (χ0n) is 7.70. The van der Waals surface area contributed by atoms with E-state index in [1.807, 2.05) is 19.1 Å². The average molecular weight is 384 g/mol. The number of hydrogen-bond acceptors (Lipinski definition) is 1. The van der Waals surface area contributed by atoms with Crippen LogP contribution >= 0.6 is 47.8 Å². The van der Waals surface area contributed by atoms with Gasteiger partial charge in [-0.2, -0.15) is 0 Å². The maximum atomic E-state index is 3.84. The van der Waals surface area contributed by atoms with Gasteiger partial charge in [-0.1, -0.05) is 28.1 Å². The largest absolute Gasteiger partial charge is 0.379 e. The van der Waals surface area contributed by atoms with Crippen molar-refractivity contribution in [2.45, 2.75) is 6.92 Å². The van der Waals surface area contributed by atoms with Gasteiger partial charge in [-0.15, -0.1) is 0 Å². The lowest BCUT2D eigenvalue weighted by atomic mass is 10.3. The summed E-state index contributed by atoms with van der Waals surface area (Å²) < 4.78 is 3.09. The maximum absolute atomic E-state index is 3.84. The number of nitrogens with one attached hydrogen (secondary N) is 1. The van der Waals surface area contributed by atoms with Gasteiger partial charge in [0, 0.05) is 20.0 Å². The molecule has 76 valence electrons. The zero-order valence-corrected chi connectivity index (χ0v) is 12.5. The zero-order chi connectivity index (χ0) is 10.7. The van der Waals surface area contributed by atoms with Crippen molar-refractivity contribution in [3.63, 3.8) is 0 Å². The smallest absolute Gasteiger partial charge is 0.0632 e. The molecule has 1 rings (SSSR count). The summed E-state index contributed by atoms with van der Waals surface area (Å²) in [5, 5.41) is 3.29. The van der Waals surface area contributed by atoms with Gasteiger partial charge in [0.2, 0.25) is 0 Å². The van der Waals surface area contributed by atoms with Crippen LogP contribution in [0.2, 0.25) is 0 Å². The molecule has 0 aliphatic rings. The molecule has 0 radical (unpaired) electrons. The van der Waals surface area contributed by atoms with Gasteiger partial charge in [-0.25, -0.2) is 0 Å². The second-order valence-electron chi connectivity index (χ2n) is 3.06. The Morgan fingerprint density at radius 2 is 1.79 bits per heavy atom. The third-order valence-corrected chi connectivity index (χ3v) is 3.28. The summed E-state index contributed by atoms with van der Waals surface area (Å²) in [5.41, 5.74) is 2.16. The summed E-state index contributed by atoms with van der Waals surface area (Å²) in [5.74, 6) is 0. The van der Waals surface area contributed by atoms with E-state index in [9.17, 15) is 0 Å². The first-order chi connectivity index (χ1) is 6.50. The minimum Gasteiger partial charge on any atom is -0.379 e. The Hall–Kier alpha value is 0.200. The minimum atomic E-state index is 0.777. The molecule has 4 heteroatoms. The first kappa shape index (κ1) is 12.3. The number of anilines is 1. The van der Waals surface area contributed by atoms with E-state index >= 15 is 0 Å². The lowest BCUT2D eigenvalue weighted by Gasteiger charge is -2.11. The van der Waals surface area contributed by atoms with Crippen molar-refractivity contribution in [3.05, 3.63) is 37.7 Å². The van der Waals surface area contributed by atoms with Crippen molar-refractivity contribution in [1.82, 2.24) is 0 Å². The Labute approximate surface area is 109 Å². The van der Waals surface area contributed by atoms with Gasteiger partial charge in [0.15, 0.2) is 0 Å². The highest BCUT2D eigenvalue weighted by Crippen LogP contribution is 2.34. The number of rotatable bonds is 3. The normalized spacial score (nSPS) is 10.0. The second kappa shape index (κ2) is 5.33. The number of benzene rings is 1. The van der Waals surface area contributed by atoms with Crippen molar-refractivity contribution in [1.29, 1.82) is 0 Å². The van der Waals surface area contributed by atoms with Crippen molar-refractivity contribution in [2.24, 2.45) is 0 Å². The highest BCUT2D eigenvalue weighted by Gasteiger charge is 2.05. The Morgan fingerprint density at radius 1 is 1.29 bits per heavy atom. The lowest BCUT2D eigenvalue weighted by Crippen LogP contribution is -2.03. The summed E-state index contributed by atoms with van der Waals surface area (Å²) in [7, 11) is 0. The van der Waals surface area contributed by atoms with Crippen LogP contribution in [0, 0.1) is 0 Å². The number of hydrogen-bond donors (Lipinski definition) is 1. The molecule has 0 spiro atoms. The highest BCUT2D eigenvalue weighted by molar-refractivity contribution is 9.11. The van der Waals surface area contributed by atoms with Gasteiger partial charge in [-0.3, -0.25) is 0 Å². The Morgan fingerprint density at radius 3 is 2.21 bits per heavy atom. The summed E-state index contributed by atoms with van der Waals surface area (Å²) >= 11 is 10.4. The number of halogens is 3. The summed E-state index contributed by atoms with van der Waals surface area (Å²) in [4.78, 5) is 0. The molecule has 14 heavy (non-hydrogen) atoms. The summed E-state index contributed by atoms with van der Waals surface area (Å²) in [6.07, 6.45) is 0. The van der Waals surface area contributed by atoms with E-state index in [0.717, 1.165) is 31.2 Å². The van der Waals surface area contributed by atoms with Crippen LogP contribution in [0.1, 0.15) is 6.92 Å². The van der Waals surface area contributed by atoms with Crippen LogP contribution in [0.5, 0.6) is 0 Å². The van der Waals surface area contributed by atoms with Crippen molar-refractivity contribution in [3.8, 4) is 0 Å².